The van der Waals surface area contributed by atoms with Crippen LogP contribution < -0.4 is 15.8 Å². The van der Waals surface area contributed by atoms with Gasteiger partial charge in [0.1, 0.15) is 10.8 Å². The van der Waals surface area contributed by atoms with Crippen molar-refractivity contribution in [1.82, 2.24) is 9.97 Å². The van der Waals surface area contributed by atoms with E-state index < -0.39 is 15.1 Å². The number of hydrogen-bond acceptors (Lipinski definition) is 7. The number of ether oxygens (including phenoxy) is 1. The van der Waals surface area contributed by atoms with E-state index in [1.54, 1.807) is 26.0 Å². The Morgan fingerprint density at radius 2 is 2.04 bits per heavy atom. The summed E-state index contributed by atoms with van der Waals surface area (Å²) in [6.07, 6.45) is 1.34. The summed E-state index contributed by atoms with van der Waals surface area (Å²) in [6, 6.07) is 4.68. The van der Waals surface area contributed by atoms with Gasteiger partial charge in [0.2, 0.25) is 5.95 Å². The summed E-state index contributed by atoms with van der Waals surface area (Å²) in [6.45, 7) is 3.21. The van der Waals surface area contributed by atoms with Crippen LogP contribution in [0.5, 0.6) is 5.75 Å². The van der Waals surface area contributed by atoms with Crippen molar-refractivity contribution in [3.05, 3.63) is 29.4 Å². The number of nitrogens with zero attached hydrogens (tertiary/aromatic N) is 2. The summed E-state index contributed by atoms with van der Waals surface area (Å²) in [5.41, 5.74) is 5.87. The molecule has 0 saturated heterocycles. The van der Waals surface area contributed by atoms with Crippen molar-refractivity contribution in [1.29, 1.82) is 0 Å². The molecule has 0 atom stereocenters. The number of sulfone groups is 1. The van der Waals surface area contributed by atoms with Crippen LogP contribution >= 0.6 is 11.6 Å². The van der Waals surface area contributed by atoms with Gasteiger partial charge in [0.15, 0.2) is 15.7 Å². The van der Waals surface area contributed by atoms with Gasteiger partial charge < -0.3 is 15.8 Å². The molecule has 124 valence electrons. The third kappa shape index (κ3) is 3.65. The van der Waals surface area contributed by atoms with Gasteiger partial charge in [-0.25, -0.2) is 13.4 Å². The molecule has 0 saturated carbocycles. The van der Waals surface area contributed by atoms with Crippen molar-refractivity contribution in [3.63, 3.8) is 0 Å². The van der Waals surface area contributed by atoms with E-state index in [9.17, 15) is 8.42 Å². The first-order valence-corrected chi connectivity index (χ1v) is 8.65. The van der Waals surface area contributed by atoms with Gasteiger partial charge in [-0.05, 0) is 26.0 Å². The molecule has 7 nitrogen and oxygen atoms in total. The molecule has 9 heteroatoms. The average molecular weight is 357 g/mol. The fraction of sp³-hybridized carbons (Fsp3) is 0.286. The first-order valence-electron chi connectivity index (χ1n) is 6.72. The lowest BCUT2D eigenvalue weighted by molar-refractivity contribution is 0.413. The van der Waals surface area contributed by atoms with Crippen LogP contribution in [0.2, 0.25) is 5.02 Å². The van der Waals surface area contributed by atoms with Crippen molar-refractivity contribution in [2.24, 2.45) is 0 Å². The van der Waals surface area contributed by atoms with Gasteiger partial charge in [0.25, 0.3) is 0 Å². The van der Waals surface area contributed by atoms with E-state index in [1.165, 1.54) is 19.4 Å². The van der Waals surface area contributed by atoms with Gasteiger partial charge in [-0.1, -0.05) is 11.6 Å². The van der Waals surface area contributed by atoms with Crippen LogP contribution in [0.15, 0.2) is 29.3 Å². The first kappa shape index (κ1) is 17.3. The molecule has 3 N–H and O–H groups in total. The van der Waals surface area contributed by atoms with Crippen LogP contribution in [0.25, 0.3) is 0 Å². The number of aromatic nitrogens is 2. The largest absolute Gasteiger partial charge is 0.497 e. The number of benzene rings is 1. The van der Waals surface area contributed by atoms with Crippen molar-refractivity contribution < 1.29 is 13.2 Å². The van der Waals surface area contributed by atoms with Gasteiger partial charge in [0, 0.05) is 6.07 Å². The highest BCUT2D eigenvalue weighted by molar-refractivity contribution is 7.92. The third-order valence-corrected chi connectivity index (χ3v) is 5.60. The van der Waals surface area contributed by atoms with Crippen molar-refractivity contribution in [2.75, 3.05) is 18.2 Å². The molecule has 0 bridgehead atoms. The molecule has 23 heavy (non-hydrogen) atoms. The first-order chi connectivity index (χ1) is 10.8. The van der Waals surface area contributed by atoms with E-state index in [1.807, 2.05) is 0 Å². The second kappa shape index (κ2) is 6.59. The number of halogens is 1. The van der Waals surface area contributed by atoms with E-state index >= 15 is 0 Å². The molecule has 0 fully saturated rings. The number of hydrogen-bond donors (Lipinski definition) is 2. The van der Waals surface area contributed by atoms with Gasteiger partial charge in [-0.2, -0.15) is 4.98 Å². The molecule has 0 spiro atoms. The highest BCUT2D eigenvalue weighted by Gasteiger charge is 2.24. The summed E-state index contributed by atoms with van der Waals surface area (Å²) in [5, 5.41) is 2.52. The smallest absolute Gasteiger partial charge is 0.222 e. The van der Waals surface area contributed by atoms with Gasteiger partial charge >= 0.3 is 0 Å². The van der Waals surface area contributed by atoms with Gasteiger partial charge in [-0.15, -0.1) is 0 Å². The van der Waals surface area contributed by atoms with E-state index in [0.29, 0.717) is 11.4 Å². The van der Waals surface area contributed by atoms with E-state index in [4.69, 9.17) is 22.1 Å². The van der Waals surface area contributed by atoms with Crippen molar-refractivity contribution >= 4 is 38.9 Å². The van der Waals surface area contributed by atoms with E-state index in [-0.39, 0.29) is 21.7 Å². The molecule has 0 aliphatic rings. The van der Waals surface area contributed by atoms with Crippen LogP contribution in [0.3, 0.4) is 0 Å². The van der Waals surface area contributed by atoms with Gasteiger partial charge in [0.05, 0.1) is 29.1 Å². The summed E-state index contributed by atoms with van der Waals surface area (Å²) < 4.78 is 30.3. The third-order valence-electron chi connectivity index (χ3n) is 3.13. The maximum absolute atomic E-state index is 12.6. The Morgan fingerprint density at radius 3 is 2.65 bits per heavy atom. The SMILES string of the molecule is COc1ccc(Nc2nc(N)ncc2Cl)c(S(=O)(=O)C(C)C)c1. The highest BCUT2D eigenvalue weighted by Crippen LogP contribution is 2.32. The maximum Gasteiger partial charge on any atom is 0.222 e. The molecular formula is C14H17ClN4O3S. The Balaban J connectivity index is 2.56. The zero-order valence-electron chi connectivity index (χ0n) is 12.9. The highest BCUT2D eigenvalue weighted by atomic mass is 35.5. The van der Waals surface area contributed by atoms with Crippen LogP contribution in [-0.2, 0) is 9.84 Å². The van der Waals surface area contributed by atoms with Crippen LogP contribution in [0.4, 0.5) is 17.5 Å². The Hall–Kier alpha value is -2.06. The molecule has 1 heterocycles. The Kier molecular flexibility index (Phi) is 4.96. The lowest BCUT2D eigenvalue weighted by atomic mass is 10.3. The number of rotatable bonds is 5. The minimum absolute atomic E-state index is 0.0266. The average Bonchev–Trinajstić information content (AvgIpc) is 2.51. The molecule has 1 aromatic heterocycles. The molecule has 0 unspecified atom stereocenters. The Bertz CT molecular complexity index is 825. The fourth-order valence-electron chi connectivity index (χ4n) is 1.82. The van der Waals surface area contributed by atoms with E-state index in [2.05, 4.69) is 15.3 Å². The number of nitrogens with two attached hydrogens (primary N) is 1. The predicted molar refractivity (Wildman–Crippen MR) is 90.1 cm³/mol. The van der Waals surface area contributed by atoms with Crippen molar-refractivity contribution in [3.8, 4) is 5.75 Å². The lowest BCUT2D eigenvalue weighted by Crippen LogP contribution is -2.16. The molecule has 0 radical (unpaired) electrons. The lowest BCUT2D eigenvalue weighted by Gasteiger charge is -2.16. The Morgan fingerprint density at radius 1 is 1.35 bits per heavy atom. The second-order valence-corrected chi connectivity index (χ2v) is 7.89. The summed E-state index contributed by atoms with van der Waals surface area (Å²) >= 11 is 6.02. The number of anilines is 3. The Labute approximate surface area is 139 Å². The molecule has 0 aliphatic carbocycles. The fourth-order valence-corrected chi connectivity index (χ4v) is 3.17. The monoisotopic (exact) mass is 356 g/mol. The van der Waals surface area contributed by atoms with Crippen LogP contribution in [-0.4, -0.2) is 30.7 Å². The normalized spacial score (nSPS) is 11.5. The topological polar surface area (TPSA) is 107 Å². The number of nitrogen functional groups attached to an aromatic ring is 1. The zero-order chi connectivity index (χ0) is 17.2. The summed E-state index contributed by atoms with van der Waals surface area (Å²) in [4.78, 5) is 7.84. The quantitative estimate of drug-likeness (QED) is 0.847. The molecule has 0 aliphatic heterocycles. The number of methoxy groups -OCH3 is 1. The number of nitrogens with one attached hydrogen (secondary N) is 1. The van der Waals surface area contributed by atoms with Crippen LogP contribution in [0, 0.1) is 0 Å². The van der Waals surface area contributed by atoms with Crippen molar-refractivity contribution in [2.45, 2.75) is 24.0 Å². The minimum Gasteiger partial charge on any atom is -0.497 e. The van der Waals surface area contributed by atoms with Gasteiger partial charge in [-0.3, -0.25) is 0 Å². The minimum atomic E-state index is -3.54. The molecule has 2 rings (SSSR count). The second-order valence-electron chi connectivity index (χ2n) is 5.01. The maximum atomic E-state index is 12.6. The zero-order valence-corrected chi connectivity index (χ0v) is 14.4. The molecular weight excluding hydrogens is 340 g/mol. The predicted octanol–water partition coefficient (Wildman–Crippen LogP) is 2.65. The van der Waals surface area contributed by atoms with Crippen LogP contribution in [0.1, 0.15) is 13.8 Å². The summed E-state index contributed by atoms with van der Waals surface area (Å²) in [7, 11) is -2.08. The standard InChI is InChI=1S/C14H17ClN4O3S/c1-8(2)23(20,21)12-6-9(22-3)4-5-11(12)18-13-10(15)7-17-14(16)19-13/h4-8H,1-3H3,(H3,16,17,18,19). The molecule has 1 aromatic carbocycles. The summed E-state index contributed by atoms with van der Waals surface area (Å²) in [5.74, 6) is 0.686. The molecule has 2 aromatic rings. The molecule has 0 amide bonds. The van der Waals surface area contributed by atoms with E-state index in [0.717, 1.165) is 0 Å².